The number of amides is 1. The van der Waals surface area contributed by atoms with Crippen molar-refractivity contribution < 1.29 is 19.9 Å². The van der Waals surface area contributed by atoms with Crippen molar-refractivity contribution in [3.8, 4) is 10.6 Å². The third kappa shape index (κ3) is 2.92. The van der Waals surface area contributed by atoms with Gasteiger partial charge in [0.15, 0.2) is 0 Å². The largest absolute Gasteiger partial charge is 0.288 e. The van der Waals surface area contributed by atoms with Gasteiger partial charge in [0.2, 0.25) is 0 Å². The lowest BCUT2D eigenvalue weighted by Gasteiger charge is -2.01. The number of aromatic nitrogens is 3. The number of carbonyl (C=O) groups is 1. The molecule has 7 nitrogen and oxygen atoms in total. The maximum absolute atomic E-state index is 11.4. The zero-order valence-electron chi connectivity index (χ0n) is 13.5. The van der Waals surface area contributed by atoms with Gasteiger partial charge < -0.3 is 0 Å². The highest BCUT2D eigenvalue weighted by atomic mass is 32.1. The first-order valence-corrected chi connectivity index (χ1v) is 8.67. The van der Waals surface area contributed by atoms with Crippen molar-refractivity contribution in [2.45, 2.75) is 6.54 Å². The first-order chi connectivity index (χ1) is 12.7. The van der Waals surface area contributed by atoms with E-state index in [9.17, 15) is 10.0 Å². The maximum Gasteiger partial charge on any atom is 0.284 e. The van der Waals surface area contributed by atoms with E-state index in [1.807, 2.05) is 48.7 Å². The number of hydrogen-bond donors (Lipinski definition) is 3. The molecule has 0 spiro atoms. The number of fused-ring (bicyclic) bond motifs is 1. The molecule has 0 aliphatic heterocycles. The molecule has 0 bridgehead atoms. The van der Waals surface area contributed by atoms with Crippen LogP contribution < -0.4 is 10.2 Å². The zero-order valence-corrected chi connectivity index (χ0v) is 14.3. The van der Waals surface area contributed by atoms with Gasteiger partial charge in [-0.3, -0.25) is 19.9 Å². The Hall–Kier alpha value is -3.23. The van der Waals surface area contributed by atoms with Crippen LogP contribution >= 0.6 is 11.3 Å². The molecule has 0 unspecified atom stereocenters. The molecule has 3 N–H and O–H groups in total. The van der Waals surface area contributed by atoms with Crippen molar-refractivity contribution >= 4 is 28.1 Å². The van der Waals surface area contributed by atoms with E-state index < -0.39 is 5.91 Å². The van der Waals surface area contributed by atoms with Gasteiger partial charge in [0.25, 0.3) is 17.1 Å². The number of hydrogen-bond acceptors (Lipinski definition) is 5. The van der Waals surface area contributed by atoms with E-state index in [4.69, 9.17) is 5.21 Å². The first-order valence-electron chi connectivity index (χ1n) is 7.86. The van der Waals surface area contributed by atoms with E-state index in [0.29, 0.717) is 17.1 Å². The molecule has 130 valence electrons. The van der Waals surface area contributed by atoms with Crippen LogP contribution in [0.15, 0.2) is 60.8 Å². The van der Waals surface area contributed by atoms with Gasteiger partial charge in [-0.25, -0.2) is 5.48 Å². The predicted molar refractivity (Wildman–Crippen MR) is 95.2 cm³/mol. The van der Waals surface area contributed by atoms with Crippen molar-refractivity contribution in [1.29, 1.82) is 0 Å². The molecule has 1 amide bonds. The van der Waals surface area contributed by atoms with Crippen molar-refractivity contribution in [3.05, 3.63) is 71.4 Å². The monoisotopic (exact) mass is 367 g/mol. The first kappa shape index (κ1) is 16.2. The molecular formula is C18H15N4O3S+. The fraction of sp³-hybridized carbons (Fsp3) is 0.0556. The summed E-state index contributed by atoms with van der Waals surface area (Å²) in [7, 11) is 0. The minimum absolute atomic E-state index is 0.399. The summed E-state index contributed by atoms with van der Waals surface area (Å²) in [5, 5.41) is 24.6. The maximum atomic E-state index is 11.4. The SMILES string of the molecule is O=C(NO)c1ccc(-c2ccn(Cc3ccc4ccccc4[n+]3O)n2)s1. The van der Waals surface area contributed by atoms with Crippen LogP contribution in [-0.2, 0) is 6.54 Å². The summed E-state index contributed by atoms with van der Waals surface area (Å²) in [6, 6.07) is 16.7. The number of benzene rings is 1. The van der Waals surface area contributed by atoms with Crippen molar-refractivity contribution in [1.82, 2.24) is 15.3 Å². The van der Waals surface area contributed by atoms with Crippen LogP contribution in [0.2, 0.25) is 0 Å². The molecule has 0 radical (unpaired) electrons. The molecular weight excluding hydrogens is 352 g/mol. The lowest BCUT2D eigenvalue weighted by molar-refractivity contribution is -0.889. The number of nitrogens with zero attached hydrogens (tertiary/aromatic N) is 3. The average Bonchev–Trinajstić information content (AvgIpc) is 3.33. The quantitative estimate of drug-likeness (QED) is 0.224. The number of rotatable bonds is 4. The van der Waals surface area contributed by atoms with Crippen molar-refractivity contribution in [2.75, 3.05) is 0 Å². The number of thiophene rings is 1. The Balaban J connectivity index is 1.60. The van der Waals surface area contributed by atoms with Gasteiger partial charge in [0.1, 0.15) is 12.2 Å². The molecule has 8 heteroatoms. The Morgan fingerprint density at radius 2 is 2.00 bits per heavy atom. The summed E-state index contributed by atoms with van der Waals surface area (Å²) in [6.45, 7) is 0.399. The van der Waals surface area contributed by atoms with Gasteiger partial charge in [0.05, 0.1) is 15.1 Å². The second kappa shape index (κ2) is 6.58. The minimum atomic E-state index is -0.543. The van der Waals surface area contributed by atoms with E-state index >= 15 is 0 Å². The summed E-state index contributed by atoms with van der Waals surface area (Å²) in [5.41, 5.74) is 3.77. The number of para-hydroxylation sites is 1. The molecule has 0 saturated carbocycles. The molecule has 1 aromatic carbocycles. The van der Waals surface area contributed by atoms with E-state index in [0.717, 1.165) is 21.5 Å². The summed E-state index contributed by atoms with van der Waals surface area (Å²) in [5.74, 6) is -0.543. The second-order valence-corrected chi connectivity index (χ2v) is 6.78. The van der Waals surface area contributed by atoms with Crippen LogP contribution in [0, 0.1) is 0 Å². The normalized spacial score (nSPS) is 11.0. The third-order valence-electron chi connectivity index (χ3n) is 4.04. The van der Waals surface area contributed by atoms with Gasteiger partial charge in [-0.05, 0) is 30.3 Å². The van der Waals surface area contributed by atoms with Crippen LogP contribution in [0.1, 0.15) is 15.4 Å². The third-order valence-corrected chi connectivity index (χ3v) is 5.15. The predicted octanol–water partition coefficient (Wildman–Crippen LogP) is 2.46. The molecule has 0 saturated heterocycles. The Kier molecular flexibility index (Phi) is 4.11. The average molecular weight is 367 g/mol. The molecule has 0 aliphatic carbocycles. The Morgan fingerprint density at radius 1 is 1.15 bits per heavy atom. The summed E-state index contributed by atoms with van der Waals surface area (Å²) >= 11 is 1.24. The highest BCUT2D eigenvalue weighted by molar-refractivity contribution is 7.17. The molecule has 4 aromatic rings. The molecule has 3 heterocycles. The summed E-state index contributed by atoms with van der Waals surface area (Å²) < 4.78 is 2.89. The van der Waals surface area contributed by atoms with E-state index in [1.165, 1.54) is 16.1 Å². The Labute approximate surface area is 152 Å². The Bertz CT molecular complexity index is 1100. The molecule has 0 atom stereocenters. The van der Waals surface area contributed by atoms with Crippen molar-refractivity contribution in [3.63, 3.8) is 0 Å². The van der Waals surface area contributed by atoms with E-state index in [-0.39, 0.29) is 0 Å². The van der Waals surface area contributed by atoms with Crippen molar-refractivity contribution in [2.24, 2.45) is 0 Å². The summed E-state index contributed by atoms with van der Waals surface area (Å²) in [6.07, 6.45) is 1.82. The fourth-order valence-corrected chi connectivity index (χ4v) is 3.61. The van der Waals surface area contributed by atoms with Gasteiger partial charge in [-0.1, -0.05) is 12.1 Å². The van der Waals surface area contributed by atoms with Crippen LogP contribution in [0.25, 0.3) is 21.5 Å². The fourth-order valence-electron chi connectivity index (χ4n) is 2.75. The lowest BCUT2D eigenvalue weighted by atomic mass is 10.2. The lowest BCUT2D eigenvalue weighted by Crippen LogP contribution is -2.37. The molecule has 4 rings (SSSR count). The number of nitrogens with one attached hydrogen (secondary N) is 1. The minimum Gasteiger partial charge on any atom is -0.288 e. The zero-order chi connectivity index (χ0) is 18.1. The van der Waals surface area contributed by atoms with Gasteiger partial charge in [-0.2, -0.15) is 5.10 Å². The highest BCUT2D eigenvalue weighted by Crippen LogP contribution is 2.26. The van der Waals surface area contributed by atoms with Gasteiger partial charge in [0, 0.05) is 23.1 Å². The van der Waals surface area contributed by atoms with E-state index in [1.54, 1.807) is 22.3 Å². The molecule has 0 aliphatic rings. The van der Waals surface area contributed by atoms with Crippen LogP contribution in [0.5, 0.6) is 0 Å². The molecule has 3 aromatic heterocycles. The van der Waals surface area contributed by atoms with Crippen LogP contribution in [0.3, 0.4) is 0 Å². The highest BCUT2D eigenvalue weighted by Gasteiger charge is 2.17. The number of hydroxylamine groups is 1. The topological polar surface area (TPSA) is 91.3 Å². The summed E-state index contributed by atoms with van der Waals surface area (Å²) in [4.78, 5) is 12.7. The Morgan fingerprint density at radius 3 is 2.85 bits per heavy atom. The smallest absolute Gasteiger partial charge is 0.284 e. The van der Waals surface area contributed by atoms with Crippen LogP contribution in [-0.4, -0.2) is 26.1 Å². The van der Waals surface area contributed by atoms with Crippen LogP contribution in [0.4, 0.5) is 0 Å². The molecule has 26 heavy (non-hydrogen) atoms. The van der Waals surface area contributed by atoms with E-state index in [2.05, 4.69) is 5.10 Å². The molecule has 0 fully saturated rings. The number of pyridine rings is 1. The second-order valence-electron chi connectivity index (χ2n) is 5.70. The van der Waals surface area contributed by atoms with Gasteiger partial charge >= 0.3 is 0 Å². The van der Waals surface area contributed by atoms with Gasteiger partial charge in [-0.15, -0.1) is 11.3 Å². The standard InChI is InChI=1S/C18H14N4O3S/c23-18(20-24)17-8-7-16(26-17)14-9-10-21(19-14)11-13-6-5-12-3-1-2-4-15(12)22(13)25/h1-10H,11H2,(H2-,19,20,23,24,25)/p+1. The number of carbonyl (C=O) groups excluding carboxylic acids is 1.